The summed E-state index contributed by atoms with van der Waals surface area (Å²) in [5, 5.41) is 3.68. The molecule has 1 aromatic carbocycles. The van der Waals surface area contributed by atoms with E-state index < -0.39 is 0 Å². The minimum absolute atomic E-state index is 0.426. The van der Waals surface area contributed by atoms with Gasteiger partial charge in [0.15, 0.2) is 0 Å². The monoisotopic (exact) mass is 296 g/mol. The fourth-order valence-electron chi connectivity index (χ4n) is 6.00. The molecule has 0 aromatic heterocycles. The summed E-state index contributed by atoms with van der Waals surface area (Å²) in [6.07, 6.45) is 8.78. The first-order chi connectivity index (χ1) is 10.7. The van der Waals surface area contributed by atoms with E-state index in [0.29, 0.717) is 5.41 Å². The number of nitrogens with one attached hydrogen (secondary N) is 1. The number of fused-ring (bicyclic) bond motifs is 4. The van der Waals surface area contributed by atoms with Crippen LogP contribution in [0.5, 0.6) is 0 Å². The molecule has 118 valence electrons. The number of likely N-dealkylation sites (tertiary alicyclic amines) is 1. The Bertz CT molecular complexity index is 585. The van der Waals surface area contributed by atoms with E-state index in [0.717, 1.165) is 24.4 Å². The Kier molecular flexibility index (Phi) is 2.89. The van der Waals surface area contributed by atoms with Crippen molar-refractivity contribution in [2.45, 2.75) is 56.9 Å². The smallest absolute Gasteiger partial charge is 0.0379 e. The molecule has 2 bridgehead atoms. The van der Waals surface area contributed by atoms with Crippen LogP contribution in [-0.2, 0) is 5.41 Å². The van der Waals surface area contributed by atoms with Gasteiger partial charge in [0.25, 0.3) is 0 Å². The molecule has 2 heteroatoms. The molecule has 2 nitrogen and oxygen atoms in total. The van der Waals surface area contributed by atoms with Crippen molar-refractivity contribution in [3.05, 3.63) is 29.3 Å². The molecule has 5 rings (SSSR count). The fraction of sp³-hybridized carbons (Fsp3) is 0.700. The van der Waals surface area contributed by atoms with Crippen molar-refractivity contribution in [3.63, 3.8) is 0 Å². The molecule has 1 aromatic rings. The lowest BCUT2D eigenvalue weighted by atomic mass is 9.73. The Morgan fingerprint density at radius 2 is 2.00 bits per heavy atom. The second-order valence-electron chi connectivity index (χ2n) is 8.46. The zero-order valence-corrected chi connectivity index (χ0v) is 13.8. The van der Waals surface area contributed by atoms with Gasteiger partial charge in [-0.3, -0.25) is 0 Å². The molecular weight excluding hydrogens is 268 g/mol. The Morgan fingerprint density at radius 3 is 2.73 bits per heavy atom. The molecule has 2 aliphatic heterocycles. The molecule has 3 atom stereocenters. The van der Waals surface area contributed by atoms with Gasteiger partial charge < -0.3 is 10.2 Å². The van der Waals surface area contributed by atoms with Crippen molar-refractivity contribution in [1.82, 2.24) is 4.90 Å². The van der Waals surface area contributed by atoms with Gasteiger partial charge in [0.05, 0.1) is 0 Å². The van der Waals surface area contributed by atoms with Crippen molar-refractivity contribution in [2.75, 3.05) is 25.0 Å². The summed E-state index contributed by atoms with van der Waals surface area (Å²) in [5.74, 6) is 2.11. The van der Waals surface area contributed by atoms with Crippen LogP contribution in [0.2, 0.25) is 0 Å². The maximum atomic E-state index is 3.68. The molecule has 2 heterocycles. The Balaban J connectivity index is 1.34. The highest BCUT2D eigenvalue weighted by Gasteiger charge is 2.46. The van der Waals surface area contributed by atoms with Crippen LogP contribution in [0, 0.1) is 18.8 Å². The number of aryl methyl sites for hydroxylation is 1. The minimum atomic E-state index is 0.426. The van der Waals surface area contributed by atoms with Crippen LogP contribution in [0.4, 0.5) is 5.69 Å². The lowest BCUT2D eigenvalue weighted by molar-refractivity contribution is 0.0887. The molecule has 0 amide bonds. The molecule has 2 aliphatic carbocycles. The van der Waals surface area contributed by atoms with Gasteiger partial charge >= 0.3 is 0 Å². The van der Waals surface area contributed by atoms with Crippen LogP contribution in [0.15, 0.2) is 18.2 Å². The first-order valence-electron chi connectivity index (χ1n) is 9.33. The van der Waals surface area contributed by atoms with Crippen LogP contribution >= 0.6 is 0 Å². The predicted octanol–water partition coefficient (Wildman–Crippen LogP) is 3.94. The molecule has 2 saturated carbocycles. The third-order valence-corrected chi connectivity index (χ3v) is 7.29. The Hall–Kier alpha value is -1.02. The number of anilines is 1. The van der Waals surface area contributed by atoms with Gasteiger partial charge in [0, 0.05) is 23.7 Å². The van der Waals surface area contributed by atoms with Crippen molar-refractivity contribution >= 4 is 5.69 Å². The molecule has 0 radical (unpaired) electrons. The molecule has 3 fully saturated rings. The van der Waals surface area contributed by atoms with Crippen LogP contribution in [0.3, 0.4) is 0 Å². The van der Waals surface area contributed by atoms with Crippen LogP contribution in [0.25, 0.3) is 0 Å². The van der Waals surface area contributed by atoms with Gasteiger partial charge in [-0.1, -0.05) is 24.1 Å². The highest BCUT2D eigenvalue weighted by molar-refractivity contribution is 5.61. The summed E-state index contributed by atoms with van der Waals surface area (Å²) in [6, 6.07) is 7.92. The summed E-state index contributed by atoms with van der Waals surface area (Å²) in [5.41, 5.74) is 4.85. The van der Waals surface area contributed by atoms with Crippen molar-refractivity contribution in [3.8, 4) is 0 Å². The van der Waals surface area contributed by atoms with Crippen LogP contribution in [-0.4, -0.2) is 30.6 Å². The molecule has 1 saturated heterocycles. The zero-order chi connectivity index (χ0) is 14.7. The number of hydrogen-bond acceptors (Lipinski definition) is 2. The summed E-state index contributed by atoms with van der Waals surface area (Å²) in [7, 11) is 0. The largest absolute Gasteiger partial charge is 0.384 e. The Labute approximate surface area is 134 Å². The maximum Gasteiger partial charge on any atom is 0.0379 e. The second-order valence-corrected chi connectivity index (χ2v) is 8.46. The van der Waals surface area contributed by atoms with Crippen LogP contribution in [0.1, 0.15) is 49.7 Å². The first kappa shape index (κ1) is 13.4. The number of nitrogens with zero attached hydrogens (tertiary/aromatic N) is 1. The van der Waals surface area contributed by atoms with Gasteiger partial charge in [-0.15, -0.1) is 0 Å². The summed E-state index contributed by atoms with van der Waals surface area (Å²) in [6.45, 7) is 6.04. The van der Waals surface area contributed by atoms with E-state index in [-0.39, 0.29) is 0 Å². The fourth-order valence-corrected chi connectivity index (χ4v) is 6.00. The van der Waals surface area contributed by atoms with Crippen molar-refractivity contribution in [2.24, 2.45) is 11.8 Å². The van der Waals surface area contributed by atoms with Crippen LogP contribution < -0.4 is 5.32 Å². The molecule has 4 aliphatic rings. The van der Waals surface area contributed by atoms with Gasteiger partial charge in [0.1, 0.15) is 0 Å². The number of rotatable bonds is 1. The molecule has 22 heavy (non-hydrogen) atoms. The quantitative estimate of drug-likeness (QED) is 0.844. The van der Waals surface area contributed by atoms with E-state index in [1.54, 1.807) is 5.56 Å². The van der Waals surface area contributed by atoms with E-state index in [1.807, 2.05) is 0 Å². The highest BCUT2D eigenvalue weighted by atomic mass is 15.2. The zero-order valence-electron chi connectivity index (χ0n) is 13.8. The number of piperidine rings is 1. The lowest BCUT2D eigenvalue weighted by Gasteiger charge is -2.44. The predicted molar refractivity (Wildman–Crippen MR) is 91.4 cm³/mol. The third kappa shape index (κ3) is 1.89. The summed E-state index contributed by atoms with van der Waals surface area (Å²) in [4.78, 5) is 2.86. The molecule has 1 spiro atoms. The van der Waals surface area contributed by atoms with Crippen molar-refractivity contribution in [1.29, 1.82) is 0 Å². The highest BCUT2D eigenvalue weighted by Crippen LogP contribution is 2.49. The van der Waals surface area contributed by atoms with Gasteiger partial charge in [-0.2, -0.15) is 0 Å². The van der Waals surface area contributed by atoms with E-state index in [1.165, 1.54) is 62.9 Å². The normalized spacial score (nSPS) is 35.8. The molecule has 0 unspecified atom stereocenters. The number of benzene rings is 1. The van der Waals surface area contributed by atoms with Gasteiger partial charge in [0.2, 0.25) is 0 Å². The second kappa shape index (κ2) is 4.74. The SMILES string of the molecule is Cc1ccc2c(c1)C1(CCN([C@H]3C[C@H]4CC[C@@H]3C4)CC1)CN2. The van der Waals surface area contributed by atoms with Crippen molar-refractivity contribution < 1.29 is 0 Å². The minimum Gasteiger partial charge on any atom is -0.384 e. The standard InChI is InChI=1S/C20H28N2/c1-14-2-5-18-17(10-14)20(13-21-18)6-8-22(9-7-20)19-12-15-3-4-16(19)11-15/h2,5,10,15-16,19,21H,3-4,6-9,11-13H2,1H3/t15-,16+,19-/m0/s1. The third-order valence-electron chi connectivity index (χ3n) is 7.29. The lowest BCUT2D eigenvalue weighted by Crippen LogP contribution is -2.49. The molecule has 1 N–H and O–H groups in total. The van der Waals surface area contributed by atoms with E-state index in [9.17, 15) is 0 Å². The first-order valence-corrected chi connectivity index (χ1v) is 9.33. The Morgan fingerprint density at radius 1 is 1.14 bits per heavy atom. The van der Waals surface area contributed by atoms with E-state index >= 15 is 0 Å². The summed E-state index contributed by atoms with van der Waals surface area (Å²) >= 11 is 0. The summed E-state index contributed by atoms with van der Waals surface area (Å²) < 4.78 is 0. The van der Waals surface area contributed by atoms with E-state index in [4.69, 9.17) is 0 Å². The van der Waals surface area contributed by atoms with Gasteiger partial charge in [-0.25, -0.2) is 0 Å². The maximum absolute atomic E-state index is 3.68. The van der Waals surface area contributed by atoms with Gasteiger partial charge in [-0.05, 0) is 75.6 Å². The topological polar surface area (TPSA) is 15.3 Å². The average Bonchev–Trinajstić information content (AvgIpc) is 3.24. The number of hydrogen-bond donors (Lipinski definition) is 1. The average molecular weight is 296 g/mol. The molecular formula is C20H28N2. The van der Waals surface area contributed by atoms with E-state index in [2.05, 4.69) is 35.3 Å².